The van der Waals surface area contributed by atoms with Gasteiger partial charge in [-0.2, -0.15) is 0 Å². The Kier molecular flexibility index (Phi) is 2.99. The third kappa shape index (κ3) is 2.09. The zero-order chi connectivity index (χ0) is 12.4. The van der Waals surface area contributed by atoms with Crippen molar-refractivity contribution in [3.05, 3.63) is 65.3 Å². The van der Waals surface area contributed by atoms with Crippen LogP contribution in [0.4, 0.5) is 0 Å². The number of hydrogen-bond acceptors (Lipinski definition) is 1. The highest BCUT2D eigenvalue weighted by molar-refractivity contribution is 9.10. The summed E-state index contributed by atoms with van der Waals surface area (Å²) in [5.41, 5.74) is 3.13. The maximum atomic E-state index is 4.63. The Morgan fingerprint density at radius 1 is 0.889 bits per heavy atom. The van der Waals surface area contributed by atoms with Crippen molar-refractivity contribution in [3.63, 3.8) is 0 Å². The Morgan fingerprint density at radius 2 is 1.61 bits per heavy atom. The smallest absolute Gasteiger partial charge is 0.138 e. The molecule has 88 valence electrons. The summed E-state index contributed by atoms with van der Waals surface area (Å²) < 4.78 is 1.05. The van der Waals surface area contributed by atoms with Crippen LogP contribution in [0, 0.1) is 0 Å². The number of aromatic nitrogens is 2. The van der Waals surface area contributed by atoms with E-state index in [2.05, 4.69) is 32.0 Å². The number of H-pyrrole nitrogens is 1. The molecule has 3 heteroatoms. The van der Waals surface area contributed by atoms with E-state index in [-0.39, 0.29) is 0 Å². The molecule has 1 N–H and O–H groups in total. The lowest BCUT2D eigenvalue weighted by Crippen LogP contribution is -1.81. The molecule has 0 aliphatic heterocycles. The highest BCUT2D eigenvalue weighted by Crippen LogP contribution is 2.28. The molecule has 0 saturated carbocycles. The third-order valence-electron chi connectivity index (χ3n) is 2.77. The van der Waals surface area contributed by atoms with Crippen LogP contribution in [0.1, 0.15) is 0 Å². The van der Waals surface area contributed by atoms with E-state index in [1.807, 2.05) is 54.7 Å². The number of aromatic amines is 1. The van der Waals surface area contributed by atoms with Crippen molar-refractivity contribution in [1.82, 2.24) is 9.97 Å². The lowest BCUT2D eigenvalue weighted by Gasteiger charge is -1.99. The van der Waals surface area contributed by atoms with Crippen molar-refractivity contribution < 1.29 is 0 Å². The molecule has 2 nitrogen and oxygen atoms in total. The molecule has 0 unspecified atom stereocenters. The molecule has 0 aliphatic rings. The minimum atomic E-state index is 0.890. The number of imidazole rings is 1. The van der Waals surface area contributed by atoms with Gasteiger partial charge in [0.1, 0.15) is 5.82 Å². The number of halogens is 1. The van der Waals surface area contributed by atoms with Gasteiger partial charge in [-0.05, 0) is 6.07 Å². The van der Waals surface area contributed by atoms with Gasteiger partial charge in [-0.1, -0.05) is 64.5 Å². The molecule has 0 aliphatic carbocycles. The van der Waals surface area contributed by atoms with E-state index >= 15 is 0 Å². The number of rotatable bonds is 2. The topological polar surface area (TPSA) is 28.7 Å². The van der Waals surface area contributed by atoms with E-state index in [0.29, 0.717) is 0 Å². The summed E-state index contributed by atoms with van der Waals surface area (Å²) in [4.78, 5) is 7.84. The van der Waals surface area contributed by atoms with Crippen molar-refractivity contribution in [2.24, 2.45) is 0 Å². The summed E-state index contributed by atoms with van der Waals surface area (Å²) in [6.07, 6.45) is 1.93. The predicted molar refractivity (Wildman–Crippen MR) is 77.2 cm³/mol. The molecule has 0 atom stereocenters. The molecule has 0 amide bonds. The molecule has 0 fully saturated rings. The SMILES string of the molecule is Brc1ccccc1-c1c[nH]c(-c2ccccc2)n1. The molecular weight excluding hydrogens is 288 g/mol. The van der Waals surface area contributed by atoms with Crippen molar-refractivity contribution in [3.8, 4) is 22.6 Å². The van der Waals surface area contributed by atoms with Crippen molar-refractivity contribution >= 4 is 15.9 Å². The molecule has 2 aromatic carbocycles. The molecule has 0 radical (unpaired) electrons. The first kappa shape index (κ1) is 11.2. The fourth-order valence-corrected chi connectivity index (χ4v) is 2.36. The summed E-state index contributed by atoms with van der Waals surface area (Å²) in [5, 5.41) is 0. The third-order valence-corrected chi connectivity index (χ3v) is 3.47. The average molecular weight is 299 g/mol. The summed E-state index contributed by atoms with van der Waals surface area (Å²) in [6, 6.07) is 18.2. The van der Waals surface area contributed by atoms with Gasteiger partial charge >= 0.3 is 0 Å². The van der Waals surface area contributed by atoms with E-state index in [9.17, 15) is 0 Å². The van der Waals surface area contributed by atoms with Gasteiger partial charge in [-0.3, -0.25) is 0 Å². The van der Waals surface area contributed by atoms with Gasteiger partial charge in [0.15, 0.2) is 0 Å². The Balaban J connectivity index is 2.03. The van der Waals surface area contributed by atoms with E-state index in [4.69, 9.17) is 0 Å². The molecular formula is C15H11BrN2. The van der Waals surface area contributed by atoms with Crippen LogP contribution in [0.5, 0.6) is 0 Å². The maximum Gasteiger partial charge on any atom is 0.138 e. The quantitative estimate of drug-likeness (QED) is 0.741. The van der Waals surface area contributed by atoms with Gasteiger partial charge in [-0.25, -0.2) is 4.98 Å². The molecule has 0 spiro atoms. The van der Waals surface area contributed by atoms with Crippen LogP contribution in [-0.4, -0.2) is 9.97 Å². The number of nitrogens with zero attached hydrogens (tertiary/aromatic N) is 1. The zero-order valence-corrected chi connectivity index (χ0v) is 11.2. The van der Waals surface area contributed by atoms with Crippen molar-refractivity contribution in [2.75, 3.05) is 0 Å². The fraction of sp³-hybridized carbons (Fsp3) is 0. The first-order chi connectivity index (χ1) is 8.84. The van der Waals surface area contributed by atoms with Gasteiger partial charge < -0.3 is 4.98 Å². The van der Waals surface area contributed by atoms with E-state index in [1.165, 1.54) is 0 Å². The minimum Gasteiger partial charge on any atom is -0.344 e. The van der Waals surface area contributed by atoms with Crippen LogP contribution in [0.2, 0.25) is 0 Å². The van der Waals surface area contributed by atoms with Crippen LogP contribution < -0.4 is 0 Å². The summed E-state index contributed by atoms with van der Waals surface area (Å²) in [5.74, 6) is 0.890. The second-order valence-corrected chi connectivity index (χ2v) is 4.83. The van der Waals surface area contributed by atoms with E-state index in [0.717, 1.165) is 27.1 Å². The van der Waals surface area contributed by atoms with Crippen LogP contribution in [0.15, 0.2) is 65.3 Å². The lowest BCUT2D eigenvalue weighted by molar-refractivity contribution is 1.31. The Hall–Kier alpha value is -1.87. The summed E-state index contributed by atoms with van der Waals surface area (Å²) in [6.45, 7) is 0. The van der Waals surface area contributed by atoms with Crippen LogP contribution in [0.3, 0.4) is 0 Å². The van der Waals surface area contributed by atoms with E-state index < -0.39 is 0 Å². The largest absolute Gasteiger partial charge is 0.344 e. The van der Waals surface area contributed by atoms with Crippen LogP contribution in [0.25, 0.3) is 22.6 Å². The van der Waals surface area contributed by atoms with Crippen molar-refractivity contribution in [2.45, 2.75) is 0 Å². The van der Waals surface area contributed by atoms with Gasteiger partial charge in [0, 0.05) is 21.8 Å². The highest BCUT2D eigenvalue weighted by atomic mass is 79.9. The predicted octanol–water partition coefficient (Wildman–Crippen LogP) is 4.51. The van der Waals surface area contributed by atoms with E-state index in [1.54, 1.807) is 0 Å². The standard InChI is InChI=1S/C15H11BrN2/c16-13-9-5-4-8-12(13)14-10-17-15(18-14)11-6-2-1-3-7-11/h1-10H,(H,17,18). The number of nitrogens with one attached hydrogen (secondary N) is 1. The van der Waals surface area contributed by atoms with Crippen molar-refractivity contribution in [1.29, 1.82) is 0 Å². The van der Waals surface area contributed by atoms with Gasteiger partial charge in [0.05, 0.1) is 5.69 Å². The Labute approximate surface area is 114 Å². The Morgan fingerprint density at radius 3 is 2.39 bits per heavy atom. The summed E-state index contributed by atoms with van der Waals surface area (Å²) >= 11 is 3.54. The van der Waals surface area contributed by atoms with Crippen LogP contribution in [-0.2, 0) is 0 Å². The average Bonchev–Trinajstić information content (AvgIpc) is 2.90. The monoisotopic (exact) mass is 298 g/mol. The van der Waals surface area contributed by atoms with Gasteiger partial charge in [0.25, 0.3) is 0 Å². The lowest BCUT2D eigenvalue weighted by atomic mass is 10.2. The highest BCUT2D eigenvalue weighted by Gasteiger charge is 2.07. The Bertz CT molecular complexity index is 659. The molecule has 0 bridgehead atoms. The number of hydrogen-bond donors (Lipinski definition) is 1. The van der Waals surface area contributed by atoms with Gasteiger partial charge in [0.2, 0.25) is 0 Å². The molecule has 1 aromatic heterocycles. The molecule has 3 aromatic rings. The first-order valence-electron chi connectivity index (χ1n) is 5.70. The minimum absolute atomic E-state index is 0.890. The summed E-state index contributed by atoms with van der Waals surface area (Å²) in [7, 11) is 0. The molecule has 0 saturated heterocycles. The molecule has 18 heavy (non-hydrogen) atoms. The van der Waals surface area contributed by atoms with Gasteiger partial charge in [-0.15, -0.1) is 0 Å². The zero-order valence-electron chi connectivity index (χ0n) is 9.60. The second-order valence-electron chi connectivity index (χ2n) is 3.98. The molecule has 3 rings (SSSR count). The maximum absolute atomic E-state index is 4.63. The van der Waals surface area contributed by atoms with Crippen LogP contribution >= 0.6 is 15.9 Å². The second kappa shape index (κ2) is 4.78. The molecule has 1 heterocycles. The number of benzene rings is 2. The fourth-order valence-electron chi connectivity index (χ4n) is 1.87. The normalized spacial score (nSPS) is 10.5. The first-order valence-corrected chi connectivity index (χ1v) is 6.49.